The average Bonchev–Trinajstić information content (AvgIpc) is 3.52. The molecule has 1 aliphatic rings. The topological polar surface area (TPSA) is 93.9 Å². The Labute approximate surface area is 198 Å². The number of carbonyl (C=O) groups is 1. The molecule has 1 aliphatic heterocycles. The SMILES string of the molecule is Cc1nn(C2CCS(=O)(=O)C2)c2nc(-c3cccs3)cc(C(=O)NCc3c(F)cccc3F)c12. The molecule has 0 radical (unpaired) electrons. The van der Waals surface area contributed by atoms with Gasteiger partial charge in [-0.2, -0.15) is 5.10 Å². The van der Waals surface area contributed by atoms with Crippen LogP contribution >= 0.6 is 11.3 Å². The number of aromatic nitrogens is 3. The molecule has 0 spiro atoms. The molecule has 1 amide bonds. The van der Waals surface area contributed by atoms with Crippen molar-refractivity contribution in [1.82, 2.24) is 20.1 Å². The number of benzene rings is 1. The number of carbonyl (C=O) groups excluding carboxylic acids is 1. The lowest BCUT2D eigenvalue weighted by Crippen LogP contribution is -2.24. The summed E-state index contributed by atoms with van der Waals surface area (Å²) in [5.41, 5.74) is 1.49. The van der Waals surface area contributed by atoms with Crippen molar-refractivity contribution in [1.29, 1.82) is 0 Å². The maximum atomic E-state index is 14.0. The Hall–Kier alpha value is -3.18. The zero-order chi connectivity index (χ0) is 24.0. The van der Waals surface area contributed by atoms with Gasteiger partial charge in [-0.15, -0.1) is 11.3 Å². The number of hydrogen-bond donors (Lipinski definition) is 1. The summed E-state index contributed by atoms with van der Waals surface area (Å²) in [5, 5.41) is 9.51. The van der Waals surface area contributed by atoms with Crippen molar-refractivity contribution in [2.75, 3.05) is 11.5 Å². The highest BCUT2D eigenvalue weighted by Gasteiger charge is 2.32. The van der Waals surface area contributed by atoms with Crippen LogP contribution in [0.15, 0.2) is 41.8 Å². The van der Waals surface area contributed by atoms with Gasteiger partial charge in [-0.3, -0.25) is 4.79 Å². The fraction of sp³-hybridized carbons (Fsp3) is 0.261. The monoisotopic (exact) mass is 502 g/mol. The molecule has 1 fully saturated rings. The Morgan fingerprint density at radius 1 is 1.24 bits per heavy atom. The molecule has 0 saturated carbocycles. The smallest absolute Gasteiger partial charge is 0.252 e. The largest absolute Gasteiger partial charge is 0.348 e. The van der Waals surface area contributed by atoms with Crippen LogP contribution in [0.5, 0.6) is 0 Å². The molecule has 3 aromatic heterocycles. The molecule has 1 unspecified atom stereocenters. The molecule has 11 heteroatoms. The fourth-order valence-corrected chi connectivity index (χ4v) is 6.61. The normalized spacial score (nSPS) is 17.3. The predicted octanol–water partition coefficient (Wildman–Crippen LogP) is 4.04. The molecule has 4 aromatic rings. The number of nitrogens with zero attached hydrogens (tertiary/aromatic N) is 3. The van der Waals surface area contributed by atoms with Crippen LogP contribution < -0.4 is 5.32 Å². The minimum Gasteiger partial charge on any atom is -0.348 e. The van der Waals surface area contributed by atoms with E-state index in [2.05, 4.69) is 10.4 Å². The number of sulfone groups is 1. The quantitative estimate of drug-likeness (QED) is 0.445. The van der Waals surface area contributed by atoms with Gasteiger partial charge >= 0.3 is 0 Å². The summed E-state index contributed by atoms with van der Waals surface area (Å²) in [5.74, 6) is -1.99. The van der Waals surface area contributed by atoms with Crippen LogP contribution in [0.1, 0.15) is 34.1 Å². The number of nitrogens with one attached hydrogen (secondary N) is 1. The standard InChI is InChI=1S/C23H20F2N4O3S2/c1-13-21-15(23(30)26-11-16-17(24)4-2-5-18(16)25)10-19(20-6-3-8-33-20)27-22(21)29(28-13)14-7-9-34(31,32)12-14/h2-6,8,10,14H,7,9,11-12H2,1H3,(H,26,30). The van der Waals surface area contributed by atoms with Crippen molar-refractivity contribution in [3.05, 3.63) is 70.2 Å². The minimum absolute atomic E-state index is 0.0395. The summed E-state index contributed by atoms with van der Waals surface area (Å²) in [6.07, 6.45) is 0.414. The van der Waals surface area contributed by atoms with E-state index in [9.17, 15) is 22.0 Å². The Morgan fingerprint density at radius 2 is 2.00 bits per heavy atom. The van der Waals surface area contributed by atoms with Gasteiger partial charge in [0, 0.05) is 12.1 Å². The first kappa shape index (κ1) is 22.6. The highest BCUT2D eigenvalue weighted by Crippen LogP contribution is 2.33. The molecule has 1 aromatic carbocycles. The molecule has 5 rings (SSSR count). The lowest BCUT2D eigenvalue weighted by Gasteiger charge is -2.12. The van der Waals surface area contributed by atoms with Crippen molar-refractivity contribution < 1.29 is 22.0 Å². The third-order valence-corrected chi connectivity index (χ3v) is 8.54. The van der Waals surface area contributed by atoms with E-state index in [-0.39, 0.29) is 35.2 Å². The van der Waals surface area contributed by atoms with Gasteiger partial charge in [0.1, 0.15) is 11.6 Å². The molecule has 1 atom stereocenters. The van der Waals surface area contributed by atoms with Crippen LogP contribution in [-0.4, -0.2) is 40.6 Å². The van der Waals surface area contributed by atoms with Crippen LogP contribution in [0.4, 0.5) is 8.78 Å². The Kier molecular flexibility index (Phi) is 5.68. The van der Waals surface area contributed by atoms with Crippen LogP contribution in [0.25, 0.3) is 21.6 Å². The van der Waals surface area contributed by atoms with E-state index in [1.54, 1.807) is 17.7 Å². The van der Waals surface area contributed by atoms with Gasteiger partial charge in [0.25, 0.3) is 5.91 Å². The van der Waals surface area contributed by atoms with E-state index in [1.165, 1.54) is 17.4 Å². The first-order chi connectivity index (χ1) is 16.2. The highest BCUT2D eigenvalue weighted by atomic mass is 32.2. The molecule has 4 heterocycles. The van der Waals surface area contributed by atoms with Crippen LogP contribution in [0.3, 0.4) is 0 Å². The molecule has 176 valence electrons. The zero-order valence-electron chi connectivity index (χ0n) is 18.1. The number of pyridine rings is 1. The van der Waals surface area contributed by atoms with Crippen molar-refractivity contribution >= 4 is 38.1 Å². The highest BCUT2D eigenvalue weighted by molar-refractivity contribution is 7.91. The van der Waals surface area contributed by atoms with Crippen LogP contribution in [0, 0.1) is 18.6 Å². The van der Waals surface area contributed by atoms with Crippen molar-refractivity contribution in [2.45, 2.75) is 25.9 Å². The summed E-state index contributed by atoms with van der Waals surface area (Å²) < 4.78 is 53.8. The van der Waals surface area contributed by atoms with Crippen LogP contribution in [-0.2, 0) is 16.4 Å². The van der Waals surface area contributed by atoms with Crippen molar-refractivity contribution in [2.24, 2.45) is 0 Å². The van der Waals surface area contributed by atoms with Gasteiger partial charge in [0.15, 0.2) is 15.5 Å². The van der Waals surface area contributed by atoms with Crippen LogP contribution in [0.2, 0.25) is 0 Å². The van der Waals surface area contributed by atoms with Crippen molar-refractivity contribution in [3.63, 3.8) is 0 Å². The number of rotatable bonds is 5. The van der Waals surface area contributed by atoms with Gasteiger partial charge in [0.2, 0.25) is 0 Å². The zero-order valence-corrected chi connectivity index (χ0v) is 19.7. The second kappa shape index (κ2) is 8.55. The predicted molar refractivity (Wildman–Crippen MR) is 125 cm³/mol. The Morgan fingerprint density at radius 3 is 2.65 bits per heavy atom. The second-order valence-corrected chi connectivity index (χ2v) is 11.4. The lowest BCUT2D eigenvalue weighted by molar-refractivity contribution is 0.0952. The first-order valence-corrected chi connectivity index (χ1v) is 13.3. The van der Waals surface area contributed by atoms with E-state index in [0.29, 0.717) is 28.8 Å². The molecule has 0 bridgehead atoms. The van der Waals surface area contributed by atoms with E-state index in [1.807, 2.05) is 17.5 Å². The van der Waals surface area contributed by atoms with Crippen molar-refractivity contribution in [3.8, 4) is 10.6 Å². The maximum Gasteiger partial charge on any atom is 0.252 e. The summed E-state index contributed by atoms with van der Waals surface area (Å²) >= 11 is 1.44. The van der Waals surface area contributed by atoms with Gasteiger partial charge in [-0.25, -0.2) is 26.9 Å². The van der Waals surface area contributed by atoms with Gasteiger partial charge < -0.3 is 5.32 Å². The van der Waals surface area contributed by atoms with E-state index < -0.39 is 27.4 Å². The summed E-state index contributed by atoms with van der Waals surface area (Å²) in [6, 6.07) is 8.50. The number of halogens is 2. The number of thiophene rings is 1. The maximum absolute atomic E-state index is 14.0. The molecule has 7 nitrogen and oxygen atoms in total. The first-order valence-electron chi connectivity index (χ1n) is 10.6. The molecular formula is C23H20F2N4O3S2. The summed E-state index contributed by atoms with van der Waals surface area (Å²) in [7, 11) is -3.17. The average molecular weight is 503 g/mol. The minimum atomic E-state index is -3.17. The van der Waals surface area contributed by atoms with Gasteiger partial charge in [-0.05, 0) is 43.0 Å². The molecule has 1 saturated heterocycles. The van der Waals surface area contributed by atoms with Gasteiger partial charge in [0.05, 0.1) is 44.8 Å². The molecule has 1 N–H and O–H groups in total. The second-order valence-electron chi connectivity index (χ2n) is 8.20. The Balaban J connectivity index is 1.59. The number of amides is 1. The summed E-state index contributed by atoms with van der Waals surface area (Å²) in [6.45, 7) is 1.39. The van der Waals surface area contributed by atoms with E-state index in [4.69, 9.17) is 4.98 Å². The van der Waals surface area contributed by atoms with E-state index >= 15 is 0 Å². The molecular weight excluding hydrogens is 482 g/mol. The number of fused-ring (bicyclic) bond motifs is 1. The summed E-state index contributed by atoms with van der Waals surface area (Å²) in [4.78, 5) is 18.8. The molecule has 34 heavy (non-hydrogen) atoms. The van der Waals surface area contributed by atoms with E-state index in [0.717, 1.165) is 17.0 Å². The third-order valence-electron chi connectivity index (χ3n) is 5.90. The molecule has 0 aliphatic carbocycles. The number of hydrogen-bond acceptors (Lipinski definition) is 6. The Bertz CT molecular complexity index is 1490. The number of aryl methyl sites for hydroxylation is 1. The van der Waals surface area contributed by atoms with Gasteiger partial charge in [-0.1, -0.05) is 12.1 Å². The lowest BCUT2D eigenvalue weighted by atomic mass is 10.1. The fourth-order valence-electron chi connectivity index (χ4n) is 4.23. The third kappa shape index (κ3) is 4.09.